The van der Waals surface area contributed by atoms with Gasteiger partial charge in [0, 0.05) is 28.3 Å². The number of benzene rings is 1. The Morgan fingerprint density at radius 2 is 1.94 bits per heavy atom. The second-order valence-corrected chi connectivity index (χ2v) is 5.22. The van der Waals surface area contributed by atoms with Crippen LogP contribution in [0.5, 0.6) is 0 Å². The van der Waals surface area contributed by atoms with Gasteiger partial charge < -0.3 is 10.6 Å². The SMILES string of the molecule is CC1C(CN)CCN1c1cc(Cl)cc(Cl)c1. The van der Waals surface area contributed by atoms with Gasteiger partial charge >= 0.3 is 0 Å². The summed E-state index contributed by atoms with van der Waals surface area (Å²) in [6, 6.07) is 6.14. The first-order chi connectivity index (χ1) is 7.61. The Morgan fingerprint density at radius 3 is 2.44 bits per heavy atom. The first kappa shape index (κ1) is 12.0. The summed E-state index contributed by atoms with van der Waals surface area (Å²) >= 11 is 12.0. The quantitative estimate of drug-likeness (QED) is 0.883. The van der Waals surface area contributed by atoms with Crippen molar-refractivity contribution in [1.82, 2.24) is 0 Å². The van der Waals surface area contributed by atoms with Crippen molar-refractivity contribution >= 4 is 28.9 Å². The number of rotatable bonds is 2. The molecular weight excluding hydrogens is 243 g/mol. The van der Waals surface area contributed by atoms with Crippen LogP contribution in [-0.4, -0.2) is 19.1 Å². The molecule has 0 saturated carbocycles. The molecule has 0 bridgehead atoms. The second-order valence-electron chi connectivity index (χ2n) is 4.35. The molecule has 2 unspecified atom stereocenters. The van der Waals surface area contributed by atoms with Crippen LogP contribution in [0.1, 0.15) is 13.3 Å². The number of anilines is 1. The molecule has 0 amide bonds. The fourth-order valence-corrected chi connectivity index (χ4v) is 2.90. The van der Waals surface area contributed by atoms with Crippen LogP contribution in [0.2, 0.25) is 10.0 Å². The van der Waals surface area contributed by atoms with E-state index in [9.17, 15) is 0 Å². The van der Waals surface area contributed by atoms with Crippen molar-refractivity contribution in [3.05, 3.63) is 28.2 Å². The van der Waals surface area contributed by atoms with Crippen LogP contribution in [0.4, 0.5) is 5.69 Å². The number of hydrogen-bond donors (Lipinski definition) is 1. The third-order valence-electron chi connectivity index (χ3n) is 3.40. The van der Waals surface area contributed by atoms with Crippen molar-refractivity contribution in [2.75, 3.05) is 18.0 Å². The molecule has 0 radical (unpaired) electrons. The first-order valence-electron chi connectivity index (χ1n) is 5.54. The summed E-state index contributed by atoms with van der Waals surface area (Å²) in [7, 11) is 0. The fourth-order valence-electron chi connectivity index (χ4n) is 2.39. The molecule has 2 rings (SSSR count). The molecule has 1 saturated heterocycles. The lowest BCUT2D eigenvalue weighted by Crippen LogP contribution is -2.32. The van der Waals surface area contributed by atoms with Crippen LogP contribution in [0.3, 0.4) is 0 Å². The van der Waals surface area contributed by atoms with Crippen LogP contribution in [0.25, 0.3) is 0 Å². The van der Waals surface area contributed by atoms with Crippen LogP contribution in [-0.2, 0) is 0 Å². The molecule has 2 N–H and O–H groups in total. The Morgan fingerprint density at radius 1 is 1.31 bits per heavy atom. The van der Waals surface area contributed by atoms with Crippen molar-refractivity contribution < 1.29 is 0 Å². The van der Waals surface area contributed by atoms with E-state index in [2.05, 4.69) is 11.8 Å². The van der Waals surface area contributed by atoms with Gasteiger partial charge in [0.2, 0.25) is 0 Å². The van der Waals surface area contributed by atoms with Crippen molar-refractivity contribution in [3.8, 4) is 0 Å². The van der Waals surface area contributed by atoms with Gasteiger partial charge in [-0.25, -0.2) is 0 Å². The highest BCUT2D eigenvalue weighted by Crippen LogP contribution is 2.32. The maximum Gasteiger partial charge on any atom is 0.0441 e. The molecule has 16 heavy (non-hydrogen) atoms. The van der Waals surface area contributed by atoms with E-state index in [-0.39, 0.29) is 0 Å². The topological polar surface area (TPSA) is 29.3 Å². The second kappa shape index (κ2) is 4.82. The molecular formula is C12H16Cl2N2. The number of hydrogen-bond acceptors (Lipinski definition) is 2. The zero-order chi connectivity index (χ0) is 11.7. The average molecular weight is 259 g/mol. The zero-order valence-electron chi connectivity index (χ0n) is 9.29. The van der Waals surface area contributed by atoms with E-state index >= 15 is 0 Å². The molecule has 1 aliphatic heterocycles. The van der Waals surface area contributed by atoms with E-state index in [0.717, 1.165) is 25.2 Å². The summed E-state index contributed by atoms with van der Waals surface area (Å²) in [6.07, 6.45) is 1.14. The standard InChI is InChI=1S/C12H16Cl2N2/c1-8-9(7-15)2-3-16(8)12-5-10(13)4-11(14)6-12/h4-6,8-9H,2-3,7,15H2,1H3. The zero-order valence-corrected chi connectivity index (χ0v) is 10.8. The lowest BCUT2D eigenvalue weighted by Gasteiger charge is -2.26. The minimum atomic E-state index is 0.458. The van der Waals surface area contributed by atoms with Gasteiger partial charge in [-0.2, -0.15) is 0 Å². The number of nitrogens with two attached hydrogens (primary N) is 1. The van der Waals surface area contributed by atoms with Crippen LogP contribution in [0, 0.1) is 5.92 Å². The van der Waals surface area contributed by atoms with Gasteiger partial charge in [0.1, 0.15) is 0 Å². The predicted octanol–water partition coefficient (Wildman–Crippen LogP) is 3.17. The fraction of sp³-hybridized carbons (Fsp3) is 0.500. The lowest BCUT2D eigenvalue weighted by atomic mass is 10.0. The summed E-state index contributed by atoms with van der Waals surface area (Å²) in [4.78, 5) is 2.33. The summed E-state index contributed by atoms with van der Waals surface area (Å²) in [6.45, 7) is 3.98. The maximum atomic E-state index is 6.01. The van der Waals surface area contributed by atoms with Gasteiger partial charge in [-0.05, 0) is 44.0 Å². The molecule has 1 aliphatic rings. The molecule has 1 aromatic carbocycles. The average Bonchev–Trinajstić information content (AvgIpc) is 2.58. The Balaban J connectivity index is 2.25. The van der Waals surface area contributed by atoms with Gasteiger partial charge in [-0.15, -0.1) is 0 Å². The van der Waals surface area contributed by atoms with Gasteiger partial charge in [0.25, 0.3) is 0 Å². The molecule has 1 heterocycles. The Hall–Kier alpha value is -0.440. The molecule has 2 atom stereocenters. The van der Waals surface area contributed by atoms with E-state index in [1.54, 1.807) is 6.07 Å². The van der Waals surface area contributed by atoms with Crippen LogP contribution in [0.15, 0.2) is 18.2 Å². The van der Waals surface area contributed by atoms with Crippen molar-refractivity contribution in [2.45, 2.75) is 19.4 Å². The molecule has 4 heteroatoms. The van der Waals surface area contributed by atoms with Crippen LogP contribution >= 0.6 is 23.2 Å². The molecule has 88 valence electrons. The Kier molecular flexibility index (Phi) is 3.63. The van der Waals surface area contributed by atoms with E-state index < -0.39 is 0 Å². The molecule has 1 fully saturated rings. The van der Waals surface area contributed by atoms with Gasteiger partial charge in [-0.3, -0.25) is 0 Å². The van der Waals surface area contributed by atoms with E-state index in [1.807, 2.05) is 12.1 Å². The van der Waals surface area contributed by atoms with Crippen molar-refractivity contribution in [2.24, 2.45) is 11.7 Å². The summed E-state index contributed by atoms with van der Waals surface area (Å²) in [5.41, 5.74) is 6.84. The molecule has 0 aliphatic carbocycles. The largest absolute Gasteiger partial charge is 0.368 e. The third-order valence-corrected chi connectivity index (χ3v) is 3.83. The molecule has 1 aromatic rings. The molecule has 2 nitrogen and oxygen atoms in total. The smallest absolute Gasteiger partial charge is 0.0441 e. The van der Waals surface area contributed by atoms with E-state index in [0.29, 0.717) is 22.0 Å². The highest BCUT2D eigenvalue weighted by atomic mass is 35.5. The summed E-state index contributed by atoms with van der Waals surface area (Å²) in [5.74, 6) is 0.567. The maximum absolute atomic E-state index is 6.01. The monoisotopic (exact) mass is 258 g/mol. The number of halogens is 2. The Labute approximate surface area is 106 Å². The summed E-state index contributed by atoms with van der Waals surface area (Å²) < 4.78 is 0. The van der Waals surface area contributed by atoms with Crippen molar-refractivity contribution in [3.63, 3.8) is 0 Å². The summed E-state index contributed by atoms with van der Waals surface area (Å²) in [5, 5.41) is 1.37. The normalized spacial score (nSPS) is 25.1. The highest BCUT2D eigenvalue weighted by molar-refractivity contribution is 6.35. The first-order valence-corrected chi connectivity index (χ1v) is 6.30. The van der Waals surface area contributed by atoms with Gasteiger partial charge in [0.15, 0.2) is 0 Å². The predicted molar refractivity (Wildman–Crippen MR) is 70.4 cm³/mol. The van der Waals surface area contributed by atoms with Crippen LogP contribution < -0.4 is 10.6 Å². The van der Waals surface area contributed by atoms with E-state index in [1.165, 1.54) is 0 Å². The minimum absolute atomic E-state index is 0.458. The number of nitrogens with zero attached hydrogens (tertiary/aromatic N) is 1. The Bertz CT molecular complexity index is 361. The highest BCUT2D eigenvalue weighted by Gasteiger charge is 2.29. The van der Waals surface area contributed by atoms with Gasteiger partial charge in [0.05, 0.1) is 0 Å². The van der Waals surface area contributed by atoms with E-state index in [4.69, 9.17) is 28.9 Å². The lowest BCUT2D eigenvalue weighted by molar-refractivity contribution is 0.508. The van der Waals surface area contributed by atoms with Crippen molar-refractivity contribution in [1.29, 1.82) is 0 Å². The molecule has 0 aromatic heterocycles. The van der Waals surface area contributed by atoms with Gasteiger partial charge in [-0.1, -0.05) is 23.2 Å². The minimum Gasteiger partial charge on any atom is -0.368 e. The third kappa shape index (κ3) is 2.29. The molecule has 0 spiro atoms.